The summed E-state index contributed by atoms with van der Waals surface area (Å²) >= 11 is 7.21. The number of carbonyl (C=O) groups excluding carboxylic acids is 2. The van der Waals surface area contributed by atoms with E-state index in [0.29, 0.717) is 10.9 Å². The smallest absolute Gasteiger partial charge is 0.315 e. The normalized spacial score (nSPS) is 13.4. The maximum Gasteiger partial charge on any atom is 0.315 e. The zero-order valence-corrected chi connectivity index (χ0v) is 13.4. The molecule has 1 heterocycles. The monoisotopic (exact) mass is 317 g/mol. The van der Waals surface area contributed by atoms with E-state index < -0.39 is 6.04 Å². The molecule has 0 radical (unpaired) electrons. The van der Waals surface area contributed by atoms with E-state index in [-0.39, 0.29) is 18.0 Å². The van der Waals surface area contributed by atoms with E-state index >= 15 is 0 Å². The van der Waals surface area contributed by atoms with Crippen molar-refractivity contribution < 1.29 is 9.59 Å². The number of urea groups is 1. The third kappa shape index (κ3) is 5.79. The quantitative estimate of drug-likeness (QED) is 0.754. The number of thiophene rings is 1. The number of amides is 3. The van der Waals surface area contributed by atoms with Gasteiger partial charge in [0.05, 0.1) is 10.9 Å². The topological polar surface area (TPSA) is 70.2 Å². The molecule has 3 N–H and O–H groups in total. The van der Waals surface area contributed by atoms with Crippen molar-refractivity contribution in [1.29, 1.82) is 0 Å². The van der Waals surface area contributed by atoms with Gasteiger partial charge in [0, 0.05) is 10.9 Å². The molecule has 0 aliphatic rings. The fourth-order valence-electron chi connectivity index (χ4n) is 1.40. The molecule has 1 aromatic rings. The molecule has 0 aliphatic carbocycles. The minimum atomic E-state index is -0.573. The van der Waals surface area contributed by atoms with Crippen LogP contribution in [0, 0.1) is 0 Å². The van der Waals surface area contributed by atoms with Crippen LogP contribution < -0.4 is 16.0 Å². The van der Waals surface area contributed by atoms with Gasteiger partial charge in [0.1, 0.15) is 6.04 Å². The fourth-order valence-corrected chi connectivity index (χ4v) is 2.42. The van der Waals surface area contributed by atoms with Crippen LogP contribution in [0.1, 0.15) is 32.1 Å². The van der Waals surface area contributed by atoms with Crippen LogP contribution in [0.5, 0.6) is 0 Å². The van der Waals surface area contributed by atoms with Gasteiger partial charge in [-0.15, -0.1) is 11.3 Å². The van der Waals surface area contributed by atoms with E-state index in [0.717, 1.165) is 11.3 Å². The summed E-state index contributed by atoms with van der Waals surface area (Å²) in [6, 6.07) is 2.79. The second-order valence-electron chi connectivity index (χ2n) is 4.57. The van der Waals surface area contributed by atoms with Gasteiger partial charge in [0.2, 0.25) is 5.91 Å². The van der Waals surface area contributed by atoms with Crippen molar-refractivity contribution in [1.82, 2.24) is 16.0 Å². The summed E-state index contributed by atoms with van der Waals surface area (Å²) < 4.78 is 0.684. The Balaban J connectivity index is 2.32. The average molecular weight is 318 g/mol. The fraction of sp³-hybridized carbons (Fsp3) is 0.538. The minimum Gasteiger partial charge on any atom is -0.352 e. The van der Waals surface area contributed by atoms with Gasteiger partial charge in [0.25, 0.3) is 0 Å². The summed E-state index contributed by atoms with van der Waals surface area (Å²) in [7, 11) is 0. The Kier molecular flexibility index (Phi) is 6.81. The zero-order valence-electron chi connectivity index (χ0n) is 11.8. The predicted octanol–water partition coefficient (Wildman–Crippen LogP) is 2.50. The van der Waals surface area contributed by atoms with Crippen molar-refractivity contribution in [2.75, 3.05) is 0 Å². The molecule has 0 fully saturated rings. The average Bonchev–Trinajstić information content (AvgIpc) is 2.81. The Hall–Kier alpha value is -1.27. The molecule has 1 aromatic heterocycles. The SMILES string of the molecule is CC[C@H](C)NC(=O)[C@@H](C)NC(=O)NCc1ccc(Cl)s1. The number of halogens is 1. The van der Waals surface area contributed by atoms with Crippen molar-refractivity contribution in [2.45, 2.75) is 45.8 Å². The van der Waals surface area contributed by atoms with E-state index in [9.17, 15) is 9.59 Å². The molecule has 0 bridgehead atoms. The lowest BCUT2D eigenvalue weighted by Gasteiger charge is -2.17. The van der Waals surface area contributed by atoms with Crippen LogP contribution in [0.25, 0.3) is 0 Å². The first kappa shape index (κ1) is 16.8. The van der Waals surface area contributed by atoms with E-state index in [1.807, 2.05) is 19.9 Å². The Morgan fingerprint density at radius 1 is 1.30 bits per heavy atom. The standard InChI is InChI=1S/C13H20ClN3O2S/c1-4-8(2)16-12(18)9(3)17-13(19)15-7-10-5-6-11(14)20-10/h5-6,8-9H,4,7H2,1-3H3,(H,16,18)(H2,15,17,19)/t8-,9+/m0/s1. The summed E-state index contributed by atoms with van der Waals surface area (Å²) in [5.41, 5.74) is 0. The first-order valence-corrected chi connectivity index (χ1v) is 7.70. The molecule has 0 aromatic carbocycles. The van der Waals surface area contributed by atoms with Gasteiger partial charge in [0.15, 0.2) is 0 Å². The Morgan fingerprint density at radius 3 is 2.55 bits per heavy atom. The Bertz CT molecular complexity index is 464. The molecular formula is C13H20ClN3O2S. The van der Waals surface area contributed by atoms with Crippen molar-refractivity contribution in [3.8, 4) is 0 Å². The molecule has 0 unspecified atom stereocenters. The van der Waals surface area contributed by atoms with Crippen LogP contribution in [0.2, 0.25) is 4.34 Å². The summed E-state index contributed by atoms with van der Waals surface area (Å²) in [4.78, 5) is 24.4. The number of hydrogen-bond acceptors (Lipinski definition) is 3. The van der Waals surface area contributed by atoms with Crippen LogP contribution >= 0.6 is 22.9 Å². The minimum absolute atomic E-state index is 0.100. The van der Waals surface area contributed by atoms with Gasteiger partial charge in [-0.1, -0.05) is 18.5 Å². The molecule has 3 amide bonds. The highest BCUT2D eigenvalue weighted by Crippen LogP contribution is 2.20. The number of hydrogen-bond donors (Lipinski definition) is 3. The van der Waals surface area contributed by atoms with E-state index in [2.05, 4.69) is 16.0 Å². The highest BCUT2D eigenvalue weighted by Gasteiger charge is 2.16. The molecular weight excluding hydrogens is 298 g/mol. The second-order valence-corrected chi connectivity index (χ2v) is 6.37. The van der Waals surface area contributed by atoms with Gasteiger partial charge in [-0.05, 0) is 32.4 Å². The van der Waals surface area contributed by atoms with Gasteiger partial charge in [-0.2, -0.15) is 0 Å². The van der Waals surface area contributed by atoms with Crippen molar-refractivity contribution in [3.63, 3.8) is 0 Å². The third-order valence-electron chi connectivity index (χ3n) is 2.79. The highest BCUT2D eigenvalue weighted by atomic mass is 35.5. The molecule has 112 valence electrons. The Labute approximate surface area is 128 Å². The molecule has 0 spiro atoms. The van der Waals surface area contributed by atoms with Gasteiger partial charge in [-0.25, -0.2) is 4.79 Å². The summed E-state index contributed by atoms with van der Waals surface area (Å²) in [5, 5.41) is 8.10. The summed E-state index contributed by atoms with van der Waals surface area (Å²) in [5.74, 6) is -0.186. The highest BCUT2D eigenvalue weighted by molar-refractivity contribution is 7.16. The van der Waals surface area contributed by atoms with Crippen molar-refractivity contribution in [2.24, 2.45) is 0 Å². The molecule has 0 saturated carbocycles. The van der Waals surface area contributed by atoms with E-state index in [1.54, 1.807) is 13.0 Å². The zero-order chi connectivity index (χ0) is 15.1. The molecule has 7 heteroatoms. The largest absolute Gasteiger partial charge is 0.352 e. The number of nitrogens with one attached hydrogen (secondary N) is 3. The molecule has 2 atom stereocenters. The first-order valence-electron chi connectivity index (χ1n) is 6.51. The van der Waals surface area contributed by atoms with Gasteiger partial charge < -0.3 is 16.0 Å². The molecule has 5 nitrogen and oxygen atoms in total. The van der Waals surface area contributed by atoms with Crippen LogP contribution in [-0.2, 0) is 11.3 Å². The van der Waals surface area contributed by atoms with E-state index in [4.69, 9.17) is 11.6 Å². The van der Waals surface area contributed by atoms with Gasteiger partial charge >= 0.3 is 6.03 Å². The van der Waals surface area contributed by atoms with Crippen LogP contribution in [0.3, 0.4) is 0 Å². The van der Waals surface area contributed by atoms with E-state index in [1.165, 1.54) is 11.3 Å². The molecule has 0 aliphatic heterocycles. The molecule has 1 rings (SSSR count). The second kappa shape index (κ2) is 8.11. The molecule has 20 heavy (non-hydrogen) atoms. The lowest BCUT2D eigenvalue weighted by molar-refractivity contribution is -0.123. The van der Waals surface area contributed by atoms with Crippen LogP contribution in [0.15, 0.2) is 12.1 Å². The summed E-state index contributed by atoms with van der Waals surface area (Å²) in [6.45, 7) is 5.95. The lowest BCUT2D eigenvalue weighted by atomic mass is 10.2. The van der Waals surface area contributed by atoms with Crippen LogP contribution in [-0.4, -0.2) is 24.0 Å². The van der Waals surface area contributed by atoms with Crippen molar-refractivity contribution >= 4 is 34.9 Å². The maximum atomic E-state index is 11.8. The number of rotatable bonds is 6. The maximum absolute atomic E-state index is 11.8. The summed E-state index contributed by atoms with van der Waals surface area (Å²) in [6.07, 6.45) is 0.851. The number of carbonyl (C=O) groups is 2. The third-order valence-corrected chi connectivity index (χ3v) is 4.03. The van der Waals surface area contributed by atoms with Gasteiger partial charge in [-0.3, -0.25) is 4.79 Å². The van der Waals surface area contributed by atoms with Crippen molar-refractivity contribution in [3.05, 3.63) is 21.3 Å². The first-order chi connectivity index (χ1) is 9.42. The Morgan fingerprint density at radius 2 is 2.00 bits per heavy atom. The molecule has 0 saturated heterocycles. The lowest BCUT2D eigenvalue weighted by Crippen LogP contribution is -2.49. The predicted molar refractivity (Wildman–Crippen MR) is 82.1 cm³/mol. The van der Waals surface area contributed by atoms with Crippen LogP contribution in [0.4, 0.5) is 4.79 Å².